The molecule has 0 bridgehead atoms. The van der Waals surface area contributed by atoms with E-state index in [1.165, 1.54) is 23.1 Å². The zero-order valence-electron chi connectivity index (χ0n) is 23.4. The van der Waals surface area contributed by atoms with Crippen molar-refractivity contribution in [2.24, 2.45) is 5.92 Å². The van der Waals surface area contributed by atoms with Crippen molar-refractivity contribution < 1.29 is 14.3 Å². The van der Waals surface area contributed by atoms with Crippen LogP contribution >= 0.6 is 34.7 Å². The lowest BCUT2D eigenvalue weighted by Crippen LogP contribution is -2.50. The molecule has 4 heterocycles. The van der Waals surface area contributed by atoms with E-state index in [4.69, 9.17) is 26.7 Å². The van der Waals surface area contributed by atoms with Crippen LogP contribution in [0.25, 0.3) is 21.4 Å². The SMILES string of the molecule is C[C@H](NC(=O)OC(C)(C)C)C(=O)N1CCC(CCn2cnc(=N)c3[nH]c(Sc4nc5cccc(Cl)c5s4)nc32)CC1. The summed E-state index contributed by atoms with van der Waals surface area (Å²) in [5.41, 5.74) is 1.64. The number of alkyl carbamates (subject to hydrolysis) is 1. The molecule has 0 spiro atoms. The van der Waals surface area contributed by atoms with Crippen molar-refractivity contribution in [1.29, 1.82) is 5.41 Å². The molecule has 41 heavy (non-hydrogen) atoms. The number of piperidine rings is 1. The van der Waals surface area contributed by atoms with E-state index in [9.17, 15) is 9.59 Å². The van der Waals surface area contributed by atoms with Gasteiger partial charge in [0, 0.05) is 19.6 Å². The number of carbonyl (C=O) groups is 2. The topological polar surface area (TPSA) is 142 Å². The third-order valence-corrected chi connectivity index (χ3v) is 9.32. The number of H-pyrrole nitrogens is 1. The zero-order valence-corrected chi connectivity index (χ0v) is 25.8. The summed E-state index contributed by atoms with van der Waals surface area (Å²) in [6.07, 6.45) is 3.73. The maximum atomic E-state index is 12.9. The predicted octanol–water partition coefficient (Wildman–Crippen LogP) is 5.20. The highest BCUT2D eigenvalue weighted by molar-refractivity contribution is 8.01. The molecule has 1 saturated heterocycles. The van der Waals surface area contributed by atoms with Gasteiger partial charge >= 0.3 is 6.09 Å². The van der Waals surface area contributed by atoms with Crippen LogP contribution in [0.5, 0.6) is 0 Å². The number of imidazole rings is 1. The molecule has 14 heteroatoms. The molecule has 0 aliphatic carbocycles. The normalized spacial score (nSPS) is 15.4. The van der Waals surface area contributed by atoms with Crippen LogP contribution in [0.3, 0.4) is 0 Å². The lowest BCUT2D eigenvalue weighted by Gasteiger charge is -2.34. The molecule has 218 valence electrons. The monoisotopic (exact) mass is 616 g/mol. The van der Waals surface area contributed by atoms with Crippen molar-refractivity contribution in [3.8, 4) is 0 Å². The molecule has 1 aromatic carbocycles. The minimum Gasteiger partial charge on any atom is -0.444 e. The Kier molecular flexibility index (Phi) is 8.57. The Morgan fingerprint density at radius 2 is 2.05 bits per heavy atom. The highest BCUT2D eigenvalue weighted by Gasteiger charge is 2.28. The molecule has 1 fully saturated rings. The van der Waals surface area contributed by atoms with Crippen LogP contribution in [0.15, 0.2) is 34.0 Å². The number of nitrogens with one attached hydrogen (secondary N) is 3. The summed E-state index contributed by atoms with van der Waals surface area (Å²) < 4.78 is 9.00. The number of hydrogen-bond acceptors (Lipinski definition) is 9. The number of ether oxygens (including phenoxy) is 1. The Morgan fingerprint density at radius 1 is 1.29 bits per heavy atom. The van der Waals surface area contributed by atoms with Gasteiger partial charge in [0.1, 0.15) is 17.2 Å². The fourth-order valence-electron chi connectivity index (χ4n) is 4.78. The molecule has 5 rings (SSSR count). The molecule has 1 aliphatic heterocycles. The number of fused-ring (bicyclic) bond motifs is 2. The van der Waals surface area contributed by atoms with E-state index >= 15 is 0 Å². The van der Waals surface area contributed by atoms with Crippen LogP contribution in [-0.4, -0.2) is 66.1 Å². The lowest BCUT2D eigenvalue weighted by molar-refractivity contribution is -0.134. The second-order valence-corrected chi connectivity index (χ2v) is 13.8. The average Bonchev–Trinajstić information content (AvgIpc) is 3.52. The quantitative estimate of drug-likeness (QED) is 0.259. The molecular weight excluding hydrogens is 584 g/mol. The Labute approximate surface area is 250 Å². The van der Waals surface area contributed by atoms with Crippen LogP contribution in [0.2, 0.25) is 5.02 Å². The molecule has 0 radical (unpaired) electrons. The Hall–Kier alpha value is -3.16. The first kappa shape index (κ1) is 29.3. The van der Waals surface area contributed by atoms with Crippen LogP contribution in [0, 0.1) is 11.3 Å². The summed E-state index contributed by atoms with van der Waals surface area (Å²) in [7, 11) is 0. The molecule has 1 aliphatic rings. The molecule has 1 atom stereocenters. The van der Waals surface area contributed by atoms with Crippen molar-refractivity contribution in [2.75, 3.05) is 13.1 Å². The number of aromatic amines is 1. The lowest BCUT2D eigenvalue weighted by atomic mass is 9.93. The van der Waals surface area contributed by atoms with E-state index in [1.54, 1.807) is 34.0 Å². The van der Waals surface area contributed by atoms with Gasteiger partial charge in [-0.3, -0.25) is 10.2 Å². The third-order valence-electron chi connectivity index (χ3n) is 6.84. The summed E-state index contributed by atoms with van der Waals surface area (Å²) in [6.45, 7) is 9.03. The van der Waals surface area contributed by atoms with Gasteiger partial charge in [-0.2, -0.15) is 0 Å². The van der Waals surface area contributed by atoms with Crippen LogP contribution < -0.4 is 10.8 Å². The van der Waals surface area contributed by atoms with E-state index in [0.29, 0.717) is 46.9 Å². The number of aromatic nitrogens is 5. The number of halogens is 1. The number of carbonyl (C=O) groups excluding carboxylic acids is 2. The van der Waals surface area contributed by atoms with E-state index in [2.05, 4.69) is 20.3 Å². The summed E-state index contributed by atoms with van der Waals surface area (Å²) in [4.78, 5) is 43.6. The Balaban J connectivity index is 1.18. The smallest absolute Gasteiger partial charge is 0.408 e. The number of hydrogen-bond donors (Lipinski definition) is 3. The van der Waals surface area contributed by atoms with Gasteiger partial charge in [-0.05, 0) is 76.8 Å². The number of aryl methyl sites for hydroxylation is 1. The van der Waals surface area contributed by atoms with Gasteiger partial charge < -0.3 is 24.5 Å². The first-order chi connectivity index (χ1) is 19.5. The number of nitrogens with zero attached hydrogens (tertiary/aromatic N) is 5. The van der Waals surface area contributed by atoms with Gasteiger partial charge in [0.2, 0.25) is 5.91 Å². The molecule has 3 aromatic heterocycles. The highest BCUT2D eigenvalue weighted by Crippen LogP contribution is 2.36. The maximum Gasteiger partial charge on any atom is 0.408 e. The number of rotatable bonds is 7. The van der Waals surface area contributed by atoms with Crippen molar-refractivity contribution in [2.45, 2.75) is 74.6 Å². The van der Waals surface area contributed by atoms with Gasteiger partial charge in [-0.15, -0.1) is 11.3 Å². The summed E-state index contributed by atoms with van der Waals surface area (Å²) >= 11 is 9.23. The summed E-state index contributed by atoms with van der Waals surface area (Å²) in [5, 5.41) is 12.2. The predicted molar refractivity (Wildman–Crippen MR) is 159 cm³/mol. The third kappa shape index (κ3) is 7.02. The Bertz CT molecular complexity index is 1640. The number of thiazole rings is 1. The molecule has 2 amide bonds. The van der Waals surface area contributed by atoms with Gasteiger partial charge in [0.05, 0.1) is 21.6 Å². The summed E-state index contributed by atoms with van der Waals surface area (Å²) in [6, 6.07) is 5.02. The Morgan fingerprint density at radius 3 is 2.76 bits per heavy atom. The van der Waals surface area contributed by atoms with Crippen molar-refractivity contribution in [3.63, 3.8) is 0 Å². The van der Waals surface area contributed by atoms with Crippen molar-refractivity contribution >= 4 is 68.1 Å². The van der Waals surface area contributed by atoms with E-state index in [0.717, 1.165) is 33.8 Å². The van der Waals surface area contributed by atoms with Gasteiger partial charge in [-0.1, -0.05) is 17.7 Å². The minimum atomic E-state index is -0.647. The first-order valence-electron chi connectivity index (χ1n) is 13.5. The van der Waals surface area contributed by atoms with Gasteiger partial charge in [0.25, 0.3) is 0 Å². The number of amides is 2. The van der Waals surface area contributed by atoms with Gasteiger partial charge in [0.15, 0.2) is 20.6 Å². The van der Waals surface area contributed by atoms with Gasteiger partial charge in [-0.25, -0.2) is 19.7 Å². The van der Waals surface area contributed by atoms with Crippen LogP contribution in [0.1, 0.15) is 47.0 Å². The van der Waals surface area contributed by atoms with E-state index in [1.807, 2.05) is 27.7 Å². The highest BCUT2D eigenvalue weighted by atomic mass is 35.5. The fourth-order valence-corrected chi connectivity index (χ4v) is 7.02. The standard InChI is InChI=1S/C27H33ClN8O3S2/c1-15(31-25(38)39-27(2,3)4)23(37)35-11-8-16(9-12-35)10-13-36-14-30-21(29)19-22(36)34-24(33-19)41-26-32-18-7-5-6-17(28)20(18)40-26/h5-7,14-16,29H,8-13H2,1-4H3,(H,31,38)(H,33,34)/t15-/m0/s1. The number of benzene rings is 1. The average molecular weight is 617 g/mol. The van der Waals surface area contributed by atoms with Crippen molar-refractivity contribution in [1.82, 2.24) is 34.7 Å². The van der Waals surface area contributed by atoms with Crippen molar-refractivity contribution in [3.05, 3.63) is 35.0 Å². The molecule has 3 N–H and O–H groups in total. The van der Waals surface area contributed by atoms with Crippen LogP contribution in [0.4, 0.5) is 4.79 Å². The van der Waals surface area contributed by atoms with E-state index < -0.39 is 17.7 Å². The second-order valence-electron chi connectivity index (χ2n) is 11.1. The summed E-state index contributed by atoms with van der Waals surface area (Å²) in [5.74, 6) is 0.337. The largest absolute Gasteiger partial charge is 0.444 e. The zero-order chi connectivity index (χ0) is 29.3. The minimum absolute atomic E-state index is 0.0995. The molecule has 0 unspecified atom stereocenters. The number of likely N-dealkylation sites (tertiary alicyclic amines) is 1. The van der Waals surface area contributed by atoms with Crippen LogP contribution in [-0.2, 0) is 16.1 Å². The molecule has 11 nitrogen and oxygen atoms in total. The molecule has 0 saturated carbocycles. The second kappa shape index (κ2) is 12.0. The molecular formula is C27H33ClN8O3S2. The first-order valence-corrected chi connectivity index (χ1v) is 15.5. The van der Waals surface area contributed by atoms with E-state index in [-0.39, 0.29) is 11.4 Å². The maximum absolute atomic E-state index is 12.9. The fraction of sp³-hybridized carbons (Fsp3) is 0.481. The molecule has 4 aromatic rings.